The molecule has 0 nitrogen and oxygen atoms in total. The van der Waals surface area contributed by atoms with E-state index in [1.54, 1.807) is 0 Å². The van der Waals surface area contributed by atoms with Gasteiger partial charge in [-0.1, -0.05) is 23.4 Å². The molecule has 0 N–H and O–H groups in total. The molecule has 0 aliphatic heterocycles. The molecule has 0 spiro atoms. The quantitative estimate of drug-likeness (QED) is 0.427. The van der Waals surface area contributed by atoms with Crippen LogP contribution in [-0.2, 0) is 5.88 Å². The fourth-order valence-corrected chi connectivity index (χ4v) is 1.45. The number of hydrogen-bond acceptors (Lipinski definition) is 1. The van der Waals surface area contributed by atoms with Crippen molar-refractivity contribution in [3.05, 3.63) is 34.3 Å². The SMILES string of the molecule is SCC#Cc1ccc(Cl)c(CCl)c1. The molecule has 0 aromatic heterocycles. The first-order valence-electron chi connectivity index (χ1n) is 3.72. The normalized spacial score (nSPS) is 9.15. The Morgan fingerprint density at radius 3 is 2.77 bits per heavy atom. The number of benzene rings is 1. The third-order valence-corrected chi connectivity index (χ3v) is 2.32. The van der Waals surface area contributed by atoms with E-state index < -0.39 is 0 Å². The summed E-state index contributed by atoms with van der Waals surface area (Å²) >= 11 is 15.6. The highest BCUT2D eigenvalue weighted by Crippen LogP contribution is 2.18. The number of thiol groups is 1. The fourth-order valence-electron chi connectivity index (χ4n) is 0.896. The van der Waals surface area contributed by atoms with Gasteiger partial charge in [0.25, 0.3) is 0 Å². The molecule has 0 radical (unpaired) electrons. The van der Waals surface area contributed by atoms with Crippen molar-refractivity contribution in [1.82, 2.24) is 0 Å². The van der Waals surface area contributed by atoms with Crippen molar-refractivity contribution in [3.8, 4) is 11.8 Å². The van der Waals surface area contributed by atoms with E-state index in [1.807, 2.05) is 18.2 Å². The molecule has 1 aromatic rings. The maximum absolute atomic E-state index is 5.88. The summed E-state index contributed by atoms with van der Waals surface area (Å²) in [7, 11) is 0. The summed E-state index contributed by atoms with van der Waals surface area (Å²) < 4.78 is 0. The number of alkyl halides is 1. The highest BCUT2D eigenvalue weighted by Gasteiger charge is 1.98. The van der Waals surface area contributed by atoms with E-state index in [9.17, 15) is 0 Å². The van der Waals surface area contributed by atoms with E-state index in [0.717, 1.165) is 11.1 Å². The van der Waals surface area contributed by atoms with Gasteiger partial charge in [-0.3, -0.25) is 0 Å². The van der Waals surface area contributed by atoms with Crippen LogP contribution in [0, 0.1) is 11.8 Å². The van der Waals surface area contributed by atoms with E-state index in [4.69, 9.17) is 23.2 Å². The molecule has 0 bridgehead atoms. The lowest BCUT2D eigenvalue weighted by atomic mass is 10.1. The van der Waals surface area contributed by atoms with Gasteiger partial charge in [0, 0.05) is 16.5 Å². The molecule has 0 atom stereocenters. The summed E-state index contributed by atoms with van der Waals surface area (Å²) in [6.07, 6.45) is 0. The molecule has 0 heterocycles. The molecule has 1 aromatic carbocycles. The van der Waals surface area contributed by atoms with Gasteiger partial charge in [0.05, 0.1) is 5.75 Å². The Bertz CT molecular complexity index is 350. The summed E-state index contributed by atoms with van der Waals surface area (Å²) in [4.78, 5) is 0. The molecule has 0 amide bonds. The van der Waals surface area contributed by atoms with Crippen molar-refractivity contribution >= 4 is 35.8 Å². The first kappa shape index (κ1) is 10.8. The second-order valence-corrected chi connectivity index (χ2v) is 3.39. The van der Waals surface area contributed by atoms with E-state index >= 15 is 0 Å². The van der Waals surface area contributed by atoms with Crippen LogP contribution in [0.2, 0.25) is 5.02 Å². The average molecular weight is 231 g/mol. The fraction of sp³-hybridized carbons (Fsp3) is 0.200. The number of rotatable bonds is 1. The van der Waals surface area contributed by atoms with Gasteiger partial charge in [-0.2, -0.15) is 12.6 Å². The van der Waals surface area contributed by atoms with Crippen molar-refractivity contribution < 1.29 is 0 Å². The predicted molar refractivity (Wildman–Crippen MR) is 61.7 cm³/mol. The Balaban J connectivity index is 2.99. The maximum atomic E-state index is 5.88. The Morgan fingerprint density at radius 1 is 1.38 bits per heavy atom. The summed E-state index contributed by atoms with van der Waals surface area (Å²) in [6.45, 7) is 0. The van der Waals surface area contributed by atoms with Crippen LogP contribution >= 0.6 is 35.8 Å². The minimum absolute atomic E-state index is 0.412. The van der Waals surface area contributed by atoms with Crippen LogP contribution in [0.4, 0.5) is 0 Å². The van der Waals surface area contributed by atoms with E-state index in [0.29, 0.717) is 16.7 Å². The summed E-state index contributed by atoms with van der Waals surface area (Å²) in [6, 6.07) is 5.57. The Hall–Kier alpha value is -0.290. The standard InChI is InChI=1S/C10H8Cl2S/c11-7-9-6-8(2-1-5-13)3-4-10(9)12/h3-4,6,13H,5,7H2. The van der Waals surface area contributed by atoms with Gasteiger partial charge in [-0.05, 0) is 23.8 Å². The topological polar surface area (TPSA) is 0 Å². The number of hydrogen-bond donors (Lipinski definition) is 1. The molecule has 0 aliphatic carbocycles. The monoisotopic (exact) mass is 230 g/mol. The molecule has 0 aliphatic rings. The molecular formula is C10H8Cl2S. The van der Waals surface area contributed by atoms with Crippen molar-refractivity contribution in [2.24, 2.45) is 0 Å². The van der Waals surface area contributed by atoms with Gasteiger partial charge in [0.2, 0.25) is 0 Å². The summed E-state index contributed by atoms with van der Waals surface area (Å²) in [5.41, 5.74) is 1.84. The van der Waals surface area contributed by atoms with Crippen LogP contribution in [0.15, 0.2) is 18.2 Å². The Kier molecular flexibility index (Phi) is 4.52. The Morgan fingerprint density at radius 2 is 2.15 bits per heavy atom. The van der Waals surface area contributed by atoms with Crippen molar-refractivity contribution in [1.29, 1.82) is 0 Å². The van der Waals surface area contributed by atoms with Crippen LogP contribution in [0.25, 0.3) is 0 Å². The zero-order chi connectivity index (χ0) is 9.68. The molecule has 68 valence electrons. The van der Waals surface area contributed by atoms with E-state index in [2.05, 4.69) is 24.5 Å². The van der Waals surface area contributed by atoms with Gasteiger partial charge in [0.15, 0.2) is 0 Å². The molecule has 0 fully saturated rings. The van der Waals surface area contributed by atoms with Crippen LogP contribution in [0.1, 0.15) is 11.1 Å². The van der Waals surface area contributed by atoms with Crippen LogP contribution in [-0.4, -0.2) is 5.75 Å². The highest BCUT2D eigenvalue weighted by molar-refractivity contribution is 7.80. The van der Waals surface area contributed by atoms with Gasteiger partial charge in [0.1, 0.15) is 0 Å². The van der Waals surface area contributed by atoms with Crippen LogP contribution in [0.5, 0.6) is 0 Å². The smallest absolute Gasteiger partial charge is 0.0521 e. The Labute approximate surface area is 93.7 Å². The zero-order valence-electron chi connectivity index (χ0n) is 6.85. The second kappa shape index (κ2) is 5.44. The van der Waals surface area contributed by atoms with E-state index in [1.165, 1.54) is 0 Å². The zero-order valence-corrected chi connectivity index (χ0v) is 9.26. The molecule has 0 saturated heterocycles. The average Bonchev–Trinajstić information content (AvgIpc) is 2.16. The molecule has 0 unspecified atom stereocenters. The van der Waals surface area contributed by atoms with Gasteiger partial charge < -0.3 is 0 Å². The molecule has 0 saturated carbocycles. The third-order valence-electron chi connectivity index (χ3n) is 1.50. The number of halogens is 2. The maximum Gasteiger partial charge on any atom is 0.0521 e. The minimum atomic E-state index is 0.412. The van der Waals surface area contributed by atoms with Gasteiger partial charge >= 0.3 is 0 Å². The minimum Gasteiger partial charge on any atom is -0.166 e. The summed E-state index contributed by atoms with van der Waals surface area (Å²) in [5, 5.41) is 0.687. The van der Waals surface area contributed by atoms with Crippen LogP contribution in [0.3, 0.4) is 0 Å². The first-order chi connectivity index (χ1) is 6.27. The lowest BCUT2D eigenvalue weighted by molar-refractivity contribution is 1.39. The molecule has 13 heavy (non-hydrogen) atoms. The van der Waals surface area contributed by atoms with Crippen molar-refractivity contribution in [3.63, 3.8) is 0 Å². The molecule has 1 rings (SSSR count). The first-order valence-corrected chi connectivity index (χ1v) is 5.26. The van der Waals surface area contributed by atoms with Crippen LogP contribution < -0.4 is 0 Å². The largest absolute Gasteiger partial charge is 0.166 e. The third kappa shape index (κ3) is 3.15. The molecular weight excluding hydrogens is 223 g/mol. The van der Waals surface area contributed by atoms with Gasteiger partial charge in [-0.15, -0.1) is 11.6 Å². The van der Waals surface area contributed by atoms with Gasteiger partial charge in [-0.25, -0.2) is 0 Å². The lowest BCUT2D eigenvalue weighted by Crippen LogP contribution is -1.82. The van der Waals surface area contributed by atoms with E-state index in [-0.39, 0.29) is 0 Å². The second-order valence-electron chi connectivity index (χ2n) is 2.40. The van der Waals surface area contributed by atoms with Crippen molar-refractivity contribution in [2.75, 3.05) is 5.75 Å². The lowest BCUT2D eigenvalue weighted by Gasteiger charge is -1.99. The predicted octanol–water partition coefficient (Wildman–Crippen LogP) is 3.36. The highest BCUT2D eigenvalue weighted by atomic mass is 35.5. The summed E-state index contributed by atoms with van der Waals surface area (Å²) in [5.74, 6) is 6.78. The van der Waals surface area contributed by atoms with Crippen molar-refractivity contribution in [2.45, 2.75) is 5.88 Å². The molecule has 3 heteroatoms.